The van der Waals surface area contributed by atoms with Crippen LogP contribution < -0.4 is 11.1 Å². The van der Waals surface area contributed by atoms with Crippen LogP contribution in [0.1, 0.15) is 61.3 Å². The smallest absolute Gasteiger partial charge is 0.277 e. The predicted molar refractivity (Wildman–Crippen MR) is 110 cm³/mol. The van der Waals surface area contributed by atoms with Crippen LogP contribution in [0, 0.1) is 6.92 Å². The Labute approximate surface area is 175 Å². The Bertz CT molecular complexity index is 860. The molecule has 0 saturated heterocycles. The Balaban J connectivity index is 0.00000196. The number of halogens is 4. The van der Waals surface area contributed by atoms with Crippen molar-refractivity contribution in [2.75, 3.05) is 13.1 Å². The molecule has 0 unspecified atom stereocenters. The molecule has 158 valence electrons. The molecule has 1 aliphatic carbocycles. The van der Waals surface area contributed by atoms with Crippen molar-refractivity contribution in [3.05, 3.63) is 23.0 Å². The van der Waals surface area contributed by atoms with Gasteiger partial charge in [0.25, 0.3) is 11.8 Å². The highest BCUT2D eigenvalue weighted by Crippen LogP contribution is 2.41. The lowest BCUT2D eigenvalue weighted by atomic mass is 10.1. The number of aryl methyl sites for hydroxylation is 1. The zero-order chi connectivity index (χ0) is 19.3. The van der Waals surface area contributed by atoms with Crippen LogP contribution in [0.4, 0.5) is 8.78 Å². The van der Waals surface area contributed by atoms with E-state index >= 15 is 0 Å². The highest BCUT2D eigenvalue weighted by Gasteiger charge is 2.32. The normalized spacial score (nSPS) is 14.4. The van der Waals surface area contributed by atoms with Gasteiger partial charge in [-0.15, -0.1) is 24.8 Å². The van der Waals surface area contributed by atoms with E-state index in [2.05, 4.69) is 10.4 Å². The van der Waals surface area contributed by atoms with E-state index in [1.807, 2.05) is 20.8 Å². The van der Waals surface area contributed by atoms with Crippen molar-refractivity contribution in [2.24, 2.45) is 5.73 Å². The van der Waals surface area contributed by atoms with E-state index in [-0.39, 0.29) is 30.4 Å². The Morgan fingerprint density at radius 1 is 1.32 bits per heavy atom. The summed E-state index contributed by atoms with van der Waals surface area (Å²) in [6.45, 7) is 6.21. The van der Waals surface area contributed by atoms with Crippen molar-refractivity contribution in [3.8, 4) is 0 Å². The van der Waals surface area contributed by atoms with Gasteiger partial charge >= 0.3 is 0 Å². The lowest BCUT2D eigenvalue weighted by Crippen LogP contribution is -2.41. The van der Waals surface area contributed by atoms with E-state index < -0.39 is 24.9 Å². The van der Waals surface area contributed by atoms with Gasteiger partial charge in [-0.25, -0.2) is 18.4 Å². The van der Waals surface area contributed by atoms with E-state index in [1.54, 1.807) is 17.7 Å². The number of alkyl halides is 2. The third kappa shape index (κ3) is 4.90. The number of pyridine rings is 1. The summed E-state index contributed by atoms with van der Waals surface area (Å²) in [7, 11) is 0. The number of carbonyl (C=O) groups is 1. The first-order valence-corrected chi connectivity index (χ1v) is 8.80. The Morgan fingerprint density at radius 3 is 2.43 bits per heavy atom. The molecule has 3 rings (SSSR count). The van der Waals surface area contributed by atoms with E-state index in [0.29, 0.717) is 28.2 Å². The summed E-state index contributed by atoms with van der Waals surface area (Å²) in [5.41, 5.74) is 7.16. The summed E-state index contributed by atoms with van der Waals surface area (Å²) in [6, 6.07) is 1.72. The third-order valence-corrected chi connectivity index (χ3v) is 4.51. The van der Waals surface area contributed by atoms with Crippen molar-refractivity contribution >= 4 is 41.8 Å². The summed E-state index contributed by atoms with van der Waals surface area (Å²) >= 11 is 0. The Hall–Kier alpha value is -1.51. The predicted octanol–water partition coefficient (Wildman–Crippen LogP) is 3.54. The molecule has 0 spiro atoms. The number of carbonyl (C=O) groups excluding carboxylic acids is 1. The lowest BCUT2D eigenvalue weighted by molar-refractivity contribution is 0.0119. The molecule has 0 aliphatic heterocycles. The van der Waals surface area contributed by atoms with Crippen LogP contribution in [0.2, 0.25) is 0 Å². The monoisotopic (exact) mass is 437 g/mol. The number of amides is 1. The van der Waals surface area contributed by atoms with E-state index in [1.165, 1.54) is 0 Å². The van der Waals surface area contributed by atoms with Gasteiger partial charge in [0.05, 0.1) is 35.3 Å². The zero-order valence-corrected chi connectivity index (χ0v) is 18.0. The maximum atomic E-state index is 13.4. The second-order valence-corrected chi connectivity index (χ2v) is 7.98. The molecule has 3 N–H and O–H groups in total. The summed E-state index contributed by atoms with van der Waals surface area (Å²) in [4.78, 5) is 17.4. The number of hydrogen-bond acceptors (Lipinski definition) is 4. The van der Waals surface area contributed by atoms with Crippen LogP contribution in [0.5, 0.6) is 0 Å². The fraction of sp³-hybridized carbons (Fsp3) is 0.611. The van der Waals surface area contributed by atoms with E-state index in [4.69, 9.17) is 10.7 Å². The minimum Gasteiger partial charge on any atom is -0.346 e. The largest absolute Gasteiger partial charge is 0.346 e. The number of aromatic nitrogens is 3. The molecule has 1 fully saturated rings. The molecule has 6 nitrogen and oxygen atoms in total. The molecule has 10 heteroatoms. The maximum absolute atomic E-state index is 13.4. The van der Waals surface area contributed by atoms with Gasteiger partial charge in [0.15, 0.2) is 5.65 Å². The fourth-order valence-electron chi connectivity index (χ4n) is 2.92. The molecule has 1 saturated carbocycles. The van der Waals surface area contributed by atoms with Gasteiger partial charge in [0.2, 0.25) is 0 Å². The van der Waals surface area contributed by atoms with Gasteiger partial charge in [0.1, 0.15) is 0 Å². The first-order chi connectivity index (χ1) is 12.0. The number of fused-ring (bicyclic) bond motifs is 1. The molecule has 1 aliphatic rings. The van der Waals surface area contributed by atoms with Crippen LogP contribution in [-0.2, 0) is 5.54 Å². The van der Waals surface area contributed by atoms with Gasteiger partial charge < -0.3 is 11.1 Å². The van der Waals surface area contributed by atoms with Gasteiger partial charge in [-0.3, -0.25) is 4.79 Å². The topological polar surface area (TPSA) is 85.8 Å². The summed E-state index contributed by atoms with van der Waals surface area (Å²) in [5.74, 6) is -3.37. The van der Waals surface area contributed by atoms with Crippen LogP contribution >= 0.6 is 24.8 Å². The molecule has 2 aromatic rings. The summed E-state index contributed by atoms with van der Waals surface area (Å²) in [5, 5.41) is 7.48. The van der Waals surface area contributed by atoms with Gasteiger partial charge in [-0.05, 0) is 46.6 Å². The average Bonchev–Trinajstić information content (AvgIpc) is 3.35. The third-order valence-electron chi connectivity index (χ3n) is 4.51. The molecule has 1 amide bonds. The summed E-state index contributed by atoms with van der Waals surface area (Å²) in [6.07, 6.45) is 2.04. The van der Waals surface area contributed by atoms with Crippen LogP contribution in [0.3, 0.4) is 0 Å². The highest BCUT2D eigenvalue weighted by atomic mass is 35.5. The quantitative estimate of drug-likeness (QED) is 0.748. The first kappa shape index (κ1) is 24.5. The maximum Gasteiger partial charge on any atom is 0.277 e. The van der Waals surface area contributed by atoms with Crippen molar-refractivity contribution in [1.82, 2.24) is 20.1 Å². The van der Waals surface area contributed by atoms with Crippen molar-refractivity contribution in [3.63, 3.8) is 0 Å². The van der Waals surface area contributed by atoms with Crippen LogP contribution in [0.25, 0.3) is 11.0 Å². The Morgan fingerprint density at radius 2 is 1.93 bits per heavy atom. The Kier molecular flexibility index (Phi) is 7.42. The SMILES string of the molecule is Cc1nn(C(C)(C)C)c2nc(C3CC3)cc(C(=O)NCC(F)(F)CN)c12.Cl.Cl. The number of nitrogens with two attached hydrogens (primary N) is 1. The van der Waals surface area contributed by atoms with E-state index in [0.717, 1.165) is 18.5 Å². The number of rotatable bonds is 5. The van der Waals surface area contributed by atoms with Crippen molar-refractivity contribution in [1.29, 1.82) is 0 Å². The highest BCUT2D eigenvalue weighted by molar-refractivity contribution is 6.06. The second-order valence-electron chi connectivity index (χ2n) is 7.98. The minimum atomic E-state index is -3.13. The molecule has 0 aromatic carbocycles. The number of nitrogens with zero attached hydrogens (tertiary/aromatic N) is 3. The molecular formula is C18H27Cl2F2N5O. The second kappa shape index (κ2) is 8.47. The molecule has 2 heterocycles. The van der Waals surface area contributed by atoms with Crippen molar-refractivity contribution in [2.45, 2.75) is 57.9 Å². The lowest BCUT2D eigenvalue weighted by Gasteiger charge is -2.20. The van der Waals surface area contributed by atoms with Crippen molar-refractivity contribution < 1.29 is 13.6 Å². The number of hydrogen-bond donors (Lipinski definition) is 2. The van der Waals surface area contributed by atoms with E-state index in [9.17, 15) is 13.6 Å². The van der Waals surface area contributed by atoms with Crippen LogP contribution in [-0.4, -0.2) is 39.7 Å². The molecular weight excluding hydrogens is 411 g/mol. The first-order valence-electron chi connectivity index (χ1n) is 8.80. The minimum absolute atomic E-state index is 0. The van der Waals surface area contributed by atoms with Gasteiger partial charge in [-0.2, -0.15) is 5.10 Å². The number of nitrogens with one attached hydrogen (secondary N) is 1. The van der Waals surface area contributed by atoms with Crippen LogP contribution in [0.15, 0.2) is 6.07 Å². The molecule has 0 radical (unpaired) electrons. The summed E-state index contributed by atoms with van der Waals surface area (Å²) < 4.78 is 28.7. The van der Waals surface area contributed by atoms with Gasteiger partial charge in [-0.1, -0.05) is 0 Å². The van der Waals surface area contributed by atoms with Gasteiger partial charge in [0, 0.05) is 11.6 Å². The molecule has 2 aromatic heterocycles. The molecule has 0 bridgehead atoms. The fourth-order valence-corrected chi connectivity index (χ4v) is 2.92. The standard InChI is InChI=1S/C18H25F2N5O.2ClH/c1-10-14-12(16(26)22-9-18(19,20)8-21)7-13(11-5-6-11)23-15(14)25(24-10)17(2,3)4;;/h7,11H,5-6,8-9,21H2,1-4H3,(H,22,26);2*1H. The molecule has 28 heavy (non-hydrogen) atoms. The average molecular weight is 438 g/mol. The molecule has 0 atom stereocenters. The zero-order valence-electron chi connectivity index (χ0n) is 16.4.